The second kappa shape index (κ2) is 6.33. The lowest BCUT2D eigenvalue weighted by atomic mass is 9.96. The van der Waals surface area contributed by atoms with Crippen LogP contribution in [0.15, 0.2) is 42.0 Å². The van der Waals surface area contributed by atoms with Crippen molar-refractivity contribution in [2.45, 2.75) is 19.3 Å². The van der Waals surface area contributed by atoms with Gasteiger partial charge >= 0.3 is 5.97 Å². The highest BCUT2D eigenvalue weighted by Crippen LogP contribution is 2.20. The first-order valence-corrected chi connectivity index (χ1v) is 5.75. The number of allylic oxidation sites excluding steroid dienone is 1. The second-order valence-electron chi connectivity index (χ2n) is 3.54. The highest BCUT2D eigenvalue weighted by atomic mass is 35.5. The number of carboxylic acid groups (broad SMARTS) is 1. The predicted molar refractivity (Wildman–Crippen MR) is 65.9 cm³/mol. The summed E-state index contributed by atoms with van der Waals surface area (Å²) in [6.07, 6.45) is 2.52. The first-order chi connectivity index (χ1) is 7.69. The van der Waals surface area contributed by atoms with Crippen LogP contribution in [0.2, 0.25) is 0 Å². The summed E-state index contributed by atoms with van der Waals surface area (Å²) in [4.78, 5) is 11.2. The average Bonchev–Trinajstić information content (AvgIpc) is 2.31. The molecule has 0 aliphatic rings. The summed E-state index contributed by atoms with van der Waals surface area (Å²) in [5.74, 6) is -1.07. The molecular formula is C13H15ClO2. The maximum Gasteiger partial charge on any atom is 0.314 e. The zero-order chi connectivity index (χ0) is 12.0. The van der Waals surface area contributed by atoms with E-state index in [0.29, 0.717) is 5.88 Å². The average molecular weight is 239 g/mol. The highest BCUT2D eigenvalue weighted by Gasteiger charge is 2.17. The SMILES string of the molecule is CCC(=CC(C(=O)O)c1ccccc1)CCl. The number of benzene rings is 1. The Morgan fingerprint density at radius 1 is 1.44 bits per heavy atom. The van der Waals surface area contributed by atoms with Crippen LogP contribution >= 0.6 is 11.6 Å². The van der Waals surface area contributed by atoms with Crippen LogP contribution in [-0.4, -0.2) is 17.0 Å². The minimum absolute atomic E-state index is 0.382. The van der Waals surface area contributed by atoms with Gasteiger partial charge in [-0.3, -0.25) is 4.79 Å². The number of hydrogen-bond acceptors (Lipinski definition) is 1. The fourth-order valence-electron chi connectivity index (χ4n) is 1.46. The van der Waals surface area contributed by atoms with Crippen molar-refractivity contribution in [2.75, 3.05) is 5.88 Å². The second-order valence-corrected chi connectivity index (χ2v) is 3.81. The fourth-order valence-corrected chi connectivity index (χ4v) is 1.74. The number of halogens is 1. The van der Waals surface area contributed by atoms with Crippen molar-refractivity contribution in [1.29, 1.82) is 0 Å². The molecule has 0 aromatic heterocycles. The molecule has 1 rings (SSSR count). The van der Waals surface area contributed by atoms with Gasteiger partial charge in [-0.1, -0.05) is 48.9 Å². The Hall–Kier alpha value is -1.28. The molecule has 1 N–H and O–H groups in total. The third kappa shape index (κ3) is 3.38. The molecular weight excluding hydrogens is 224 g/mol. The molecule has 86 valence electrons. The summed E-state index contributed by atoms with van der Waals surface area (Å²) in [5.41, 5.74) is 1.74. The van der Waals surface area contributed by atoms with Crippen LogP contribution in [0.5, 0.6) is 0 Å². The normalized spacial score (nSPS) is 13.5. The van der Waals surface area contributed by atoms with E-state index in [1.54, 1.807) is 6.08 Å². The van der Waals surface area contributed by atoms with E-state index in [4.69, 9.17) is 11.6 Å². The van der Waals surface area contributed by atoms with Crippen molar-refractivity contribution >= 4 is 17.6 Å². The van der Waals surface area contributed by atoms with Gasteiger partial charge in [-0.25, -0.2) is 0 Å². The Balaban J connectivity index is 3.01. The molecule has 0 spiro atoms. The van der Waals surface area contributed by atoms with Crippen LogP contribution in [0.4, 0.5) is 0 Å². The summed E-state index contributed by atoms with van der Waals surface area (Å²) < 4.78 is 0. The van der Waals surface area contributed by atoms with Gasteiger partial charge in [0.05, 0.1) is 0 Å². The van der Waals surface area contributed by atoms with Gasteiger partial charge in [-0.05, 0) is 12.0 Å². The van der Waals surface area contributed by atoms with Gasteiger partial charge in [0.15, 0.2) is 0 Å². The first-order valence-electron chi connectivity index (χ1n) is 5.22. The van der Waals surface area contributed by atoms with Crippen LogP contribution in [0.25, 0.3) is 0 Å². The predicted octanol–water partition coefficient (Wildman–Crippen LogP) is 3.43. The number of alkyl halides is 1. The number of aliphatic carboxylic acids is 1. The molecule has 1 atom stereocenters. The molecule has 0 amide bonds. The third-order valence-corrected chi connectivity index (χ3v) is 2.80. The van der Waals surface area contributed by atoms with E-state index in [2.05, 4.69) is 0 Å². The molecule has 0 aliphatic heterocycles. The molecule has 0 saturated carbocycles. The molecule has 0 radical (unpaired) electrons. The summed E-state index contributed by atoms with van der Waals surface area (Å²) in [7, 11) is 0. The Labute approximate surface area is 101 Å². The van der Waals surface area contributed by atoms with E-state index in [0.717, 1.165) is 17.6 Å². The molecule has 0 saturated heterocycles. The van der Waals surface area contributed by atoms with E-state index in [1.807, 2.05) is 37.3 Å². The third-order valence-electron chi connectivity index (χ3n) is 2.45. The van der Waals surface area contributed by atoms with Crippen molar-refractivity contribution < 1.29 is 9.90 Å². The molecule has 1 aromatic carbocycles. The number of rotatable bonds is 5. The number of carboxylic acids is 1. The molecule has 1 unspecified atom stereocenters. The van der Waals surface area contributed by atoms with Gasteiger partial charge in [0, 0.05) is 5.88 Å². The van der Waals surface area contributed by atoms with Crippen LogP contribution in [0.1, 0.15) is 24.8 Å². The lowest BCUT2D eigenvalue weighted by Crippen LogP contribution is -2.10. The van der Waals surface area contributed by atoms with Crippen LogP contribution in [0, 0.1) is 0 Å². The Morgan fingerprint density at radius 2 is 2.06 bits per heavy atom. The zero-order valence-electron chi connectivity index (χ0n) is 9.19. The van der Waals surface area contributed by atoms with E-state index >= 15 is 0 Å². The van der Waals surface area contributed by atoms with Crippen LogP contribution < -0.4 is 0 Å². The summed E-state index contributed by atoms with van der Waals surface area (Å²) in [6.45, 7) is 1.97. The smallest absolute Gasteiger partial charge is 0.314 e. The molecule has 2 nitrogen and oxygen atoms in total. The standard InChI is InChI=1S/C13H15ClO2/c1-2-10(9-14)8-12(13(15)16)11-6-4-3-5-7-11/h3-8,12H,2,9H2,1H3,(H,15,16). The maximum absolute atomic E-state index is 11.2. The molecule has 0 fully saturated rings. The van der Waals surface area contributed by atoms with E-state index in [9.17, 15) is 9.90 Å². The Morgan fingerprint density at radius 3 is 2.50 bits per heavy atom. The largest absolute Gasteiger partial charge is 0.481 e. The van der Waals surface area contributed by atoms with Gasteiger partial charge < -0.3 is 5.11 Å². The highest BCUT2D eigenvalue weighted by molar-refractivity contribution is 6.19. The summed E-state index contributed by atoms with van der Waals surface area (Å²) in [5, 5.41) is 9.18. The van der Waals surface area contributed by atoms with Crippen molar-refractivity contribution in [3.05, 3.63) is 47.5 Å². The van der Waals surface area contributed by atoms with E-state index in [1.165, 1.54) is 0 Å². The fraction of sp³-hybridized carbons (Fsp3) is 0.308. The van der Waals surface area contributed by atoms with Crippen molar-refractivity contribution in [3.8, 4) is 0 Å². The summed E-state index contributed by atoms with van der Waals surface area (Å²) in [6, 6.07) is 9.18. The summed E-state index contributed by atoms with van der Waals surface area (Å²) >= 11 is 5.74. The van der Waals surface area contributed by atoms with Crippen molar-refractivity contribution in [3.63, 3.8) is 0 Å². The van der Waals surface area contributed by atoms with Gasteiger partial charge in [0.1, 0.15) is 5.92 Å². The van der Waals surface area contributed by atoms with E-state index < -0.39 is 11.9 Å². The quantitative estimate of drug-likeness (QED) is 0.630. The number of carbonyl (C=O) groups is 1. The van der Waals surface area contributed by atoms with Gasteiger partial charge in [0.25, 0.3) is 0 Å². The van der Waals surface area contributed by atoms with Crippen LogP contribution in [-0.2, 0) is 4.79 Å². The minimum Gasteiger partial charge on any atom is -0.481 e. The van der Waals surface area contributed by atoms with Gasteiger partial charge in [-0.2, -0.15) is 0 Å². The van der Waals surface area contributed by atoms with Crippen LogP contribution in [0.3, 0.4) is 0 Å². The molecule has 0 heterocycles. The lowest BCUT2D eigenvalue weighted by Gasteiger charge is -2.10. The molecule has 1 aromatic rings. The number of hydrogen-bond donors (Lipinski definition) is 1. The zero-order valence-corrected chi connectivity index (χ0v) is 9.95. The Kier molecular flexibility index (Phi) is 5.06. The van der Waals surface area contributed by atoms with Crippen molar-refractivity contribution in [1.82, 2.24) is 0 Å². The van der Waals surface area contributed by atoms with Crippen molar-refractivity contribution in [2.24, 2.45) is 0 Å². The van der Waals surface area contributed by atoms with Gasteiger partial charge in [0.2, 0.25) is 0 Å². The van der Waals surface area contributed by atoms with Gasteiger partial charge in [-0.15, -0.1) is 11.6 Å². The maximum atomic E-state index is 11.2. The Bertz CT molecular complexity index is 365. The first kappa shape index (κ1) is 12.8. The molecule has 3 heteroatoms. The molecule has 0 aliphatic carbocycles. The topological polar surface area (TPSA) is 37.3 Å². The molecule has 0 bridgehead atoms. The minimum atomic E-state index is -0.845. The monoisotopic (exact) mass is 238 g/mol. The molecule has 16 heavy (non-hydrogen) atoms. The van der Waals surface area contributed by atoms with E-state index in [-0.39, 0.29) is 0 Å². The lowest BCUT2D eigenvalue weighted by molar-refractivity contribution is -0.137.